The molecule has 0 aromatic carbocycles. The van der Waals surface area contributed by atoms with Crippen molar-refractivity contribution in [3.63, 3.8) is 0 Å². The predicted molar refractivity (Wildman–Crippen MR) is 138 cm³/mol. The van der Waals surface area contributed by atoms with Gasteiger partial charge in [0.2, 0.25) is 0 Å². The molecule has 0 aromatic heterocycles. The third kappa shape index (κ3) is 6.74. The van der Waals surface area contributed by atoms with Gasteiger partial charge < -0.3 is 0 Å². The van der Waals surface area contributed by atoms with E-state index in [1.165, 1.54) is 12.8 Å². The van der Waals surface area contributed by atoms with Gasteiger partial charge in [-0.1, -0.05) is 71.2 Å². The molecule has 0 aromatic rings. The summed E-state index contributed by atoms with van der Waals surface area (Å²) in [5.74, 6) is 3.45. The Morgan fingerprint density at radius 1 is 0.516 bits per heavy atom. The van der Waals surface area contributed by atoms with Gasteiger partial charge in [0.15, 0.2) is 0 Å². The molecular formula is C28H44FeP2+2. The zero-order valence-corrected chi connectivity index (χ0v) is 23.8. The standard InChI is InChI=1S/2C14H22P.Fe/c2*1-10(2)13-9-14(11(3)4)15(13)12-7-5-6-8-12;/h2*5-8,10-11,13-14H,9H2,1-4H3;/q;;+2/t2*13-,14-;/m11./s1. The molecule has 2 aliphatic heterocycles. The number of hydrogen-bond acceptors (Lipinski definition) is 0. The van der Waals surface area contributed by atoms with E-state index in [-0.39, 0.29) is 32.9 Å². The Morgan fingerprint density at radius 2 is 0.742 bits per heavy atom. The van der Waals surface area contributed by atoms with E-state index in [0.29, 0.717) is 0 Å². The van der Waals surface area contributed by atoms with Crippen LogP contribution in [0.4, 0.5) is 0 Å². The molecule has 3 heteroatoms. The molecule has 31 heavy (non-hydrogen) atoms. The summed E-state index contributed by atoms with van der Waals surface area (Å²) in [6.07, 6.45) is 21.1. The van der Waals surface area contributed by atoms with Crippen LogP contribution in [0.3, 0.4) is 0 Å². The summed E-state index contributed by atoms with van der Waals surface area (Å²) in [5.41, 5.74) is 7.22. The average molecular weight is 498 g/mol. The molecule has 4 rings (SSSR count). The first-order chi connectivity index (χ1) is 14.2. The average Bonchev–Trinajstić information content (AvgIpc) is 3.26. The minimum Gasteiger partial charge on any atom is -0.0918 e. The molecule has 4 aliphatic rings. The van der Waals surface area contributed by atoms with E-state index >= 15 is 0 Å². The molecule has 2 heterocycles. The molecule has 172 valence electrons. The van der Waals surface area contributed by atoms with Gasteiger partial charge in [-0.05, 0) is 111 Å². The molecule has 10 radical (unpaired) electrons. The summed E-state index contributed by atoms with van der Waals surface area (Å²) in [5, 5.41) is 0. The Bertz CT molecular complexity index is 426. The zero-order valence-electron chi connectivity index (χ0n) is 20.9. The van der Waals surface area contributed by atoms with Gasteiger partial charge in [0, 0.05) is 11.3 Å². The molecule has 4 atom stereocenters. The van der Waals surface area contributed by atoms with Crippen molar-refractivity contribution in [3.05, 3.63) is 62.7 Å². The third-order valence-electron chi connectivity index (χ3n) is 7.36. The van der Waals surface area contributed by atoms with Crippen molar-refractivity contribution in [1.82, 2.24) is 0 Å². The molecule has 2 saturated carbocycles. The van der Waals surface area contributed by atoms with E-state index in [9.17, 15) is 0 Å². The zero-order chi connectivity index (χ0) is 22.0. The fraction of sp³-hybridized carbons (Fsp3) is 0.643. The number of rotatable bonds is 6. The van der Waals surface area contributed by atoms with Crippen LogP contribution in [0, 0.1) is 86.4 Å². The van der Waals surface area contributed by atoms with E-state index < -0.39 is 0 Å². The van der Waals surface area contributed by atoms with Crippen molar-refractivity contribution < 1.29 is 17.1 Å². The van der Waals surface area contributed by atoms with Crippen molar-refractivity contribution in [2.75, 3.05) is 0 Å². The van der Waals surface area contributed by atoms with Crippen LogP contribution in [0.15, 0.2) is 0 Å². The Balaban J connectivity index is 0.000000213. The van der Waals surface area contributed by atoms with Crippen molar-refractivity contribution in [2.45, 2.75) is 90.9 Å². The smallest absolute Gasteiger partial charge is 0.0918 e. The van der Waals surface area contributed by atoms with Gasteiger partial charge in [-0.25, -0.2) is 0 Å². The van der Waals surface area contributed by atoms with Crippen molar-refractivity contribution >= 4 is 15.8 Å². The second-order valence-corrected chi connectivity index (χ2v) is 16.1. The fourth-order valence-electron chi connectivity index (χ4n) is 5.38. The Morgan fingerprint density at radius 3 is 0.935 bits per heavy atom. The molecule has 4 fully saturated rings. The molecule has 0 nitrogen and oxygen atoms in total. The minimum absolute atomic E-state index is 0. The van der Waals surface area contributed by atoms with Crippen molar-refractivity contribution in [3.8, 4) is 0 Å². The van der Waals surface area contributed by atoms with Crippen LogP contribution in [-0.2, 0) is 17.1 Å². The van der Waals surface area contributed by atoms with E-state index in [2.05, 4.69) is 107 Å². The van der Waals surface area contributed by atoms with Gasteiger partial charge >= 0.3 is 17.1 Å². The van der Waals surface area contributed by atoms with Gasteiger partial charge in [0.05, 0.1) is 0 Å². The quantitative estimate of drug-likeness (QED) is 0.254. The van der Waals surface area contributed by atoms with E-state index in [0.717, 1.165) is 46.3 Å². The monoisotopic (exact) mass is 498 g/mol. The SMILES string of the molecule is CC(C)[C@H]1C[C@H](C(C)C)P1[C]1[CH][CH][CH][CH]1.CC(C)[C@H]1C[C@H](C(C)C)P1[C]1[CH][CH][CH][CH]1.[Fe+2]. The molecule has 2 saturated heterocycles. The largest absolute Gasteiger partial charge is 2.00 e. The molecule has 2 aliphatic carbocycles. The third-order valence-corrected chi connectivity index (χ3v) is 15.2. The van der Waals surface area contributed by atoms with Crippen LogP contribution in [-0.4, -0.2) is 22.6 Å². The first kappa shape index (κ1) is 28.6. The molecule has 0 unspecified atom stereocenters. The first-order valence-electron chi connectivity index (χ1n) is 12.2. The van der Waals surface area contributed by atoms with Crippen LogP contribution in [0.1, 0.15) is 68.2 Å². The number of hydrogen-bond donors (Lipinski definition) is 0. The van der Waals surface area contributed by atoms with Crippen LogP contribution in [0.5, 0.6) is 0 Å². The van der Waals surface area contributed by atoms with Crippen LogP contribution >= 0.6 is 15.8 Å². The summed E-state index contributed by atoms with van der Waals surface area (Å²) in [7, 11) is 0.277. The van der Waals surface area contributed by atoms with Gasteiger partial charge in [-0.15, -0.1) is 0 Å². The molecular weight excluding hydrogens is 454 g/mol. The summed E-state index contributed by atoms with van der Waals surface area (Å²) in [4.78, 5) is 0. The molecule has 0 N–H and O–H groups in total. The van der Waals surface area contributed by atoms with Crippen LogP contribution in [0.25, 0.3) is 0 Å². The Labute approximate surface area is 209 Å². The van der Waals surface area contributed by atoms with Gasteiger partial charge in [0.25, 0.3) is 0 Å². The van der Waals surface area contributed by atoms with Gasteiger partial charge in [-0.3, -0.25) is 0 Å². The Kier molecular flexibility index (Phi) is 11.9. The molecule has 0 bridgehead atoms. The van der Waals surface area contributed by atoms with E-state index in [1.807, 2.05) is 0 Å². The second-order valence-electron chi connectivity index (χ2n) is 10.8. The van der Waals surface area contributed by atoms with Crippen LogP contribution < -0.4 is 0 Å². The van der Waals surface area contributed by atoms with Crippen LogP contribution in [0.2, 0.25) is 0 Å². The summed E-state index contributed by atoms with van der Waals surface area (Å²) in [6.45, 7) is 19.1. The van der Waals surface area contributed by atoms with E-state index in [1.54, 1.807) is 11.3 Å². The Hall–Kier alpha value is 1.38. The predicted octanol–water partition coefficient (Wildman–Crippen LogP) is 8.57. The topological polar surface area (TPSA) is 0 Å². The first-order valence-corrected chi connectivity index (χ1v) is 15.2. The van der Waals surface area contributed by atoms with Crippen molar-refractivity contribution in [1.29, 1.82) is 0 Å². The fourth-order valence-corrected chi connectivity index (χ4v) is 12.5. The summed E-state index contributed by atoms with van der Waals surface area (Å²) < 4.78 is 0. The maximum absolute atomic E-state index is 2.39. The molecule has 0 spiro atoms. The maximum Gasteiger partial charge on any atom is 2.00 e. The maximum atomic E-state index is 2.39. The summed E-state index contributed by atoms with van der Waals surface area (Å²) >= 11 is 0. The van der Waals surface area contributed by atoms with Gasteiger partial charge in [-0.2, -0.15) is 0 Å². The van der Waals surface area contributed by atoms with Gasteiger partial charge in [0.1, 0.15) is 0 Å². The molecule has 0 amide bonds. The normalized spacial score (nSPS) is 32.9. The van der Waals surface area contributed by atoms with E-state index in [4.69, 9.17) is 0 Å². The minimum atomic E-state index is 0. The summed E-state index contributed by atoms with van der Waals surface area (Å²) in [6, 6.07) is 0. The second kappa shape index (κ2) is 12.9. The van der Waals surface area contributed by atoms with Crippen molar-refractivity contribution in [2.24, 2.45) is 23.7 Å².